The van der Waals surface area contributed by atoms with Crippen molar-refractivity contribution in [3.8, 4) is 0 Å². The van der Waals surface area contributed by atoms with E-state index in [-0.39, 0.29) is 51.1 Å². The molecule has 0 saturated heterocycles. The summed E-state index contributed by atoms with van der Waals surface area (Å²) in [7, 11) is -0.338. The molecule has 4 aromatic carbocycles. The number of rotatable bonds is 6. The first-order valence-corrected chi connectivity index (χ1v) is 17.5. The molecule has 2 fully saturated rings. The third kappa shape index (κ3) is 10.3. The second-order valence-electron chi connectivity index (χ2n) is 10.7. The summed E-state index contributed by atoms with van der Waals surface area (Å²) in [5.41, 5.74) is 1.77. The second kappa shape index (κ2) is 19.6. The van der Waals surface area contributed by atoms with Crippen molar-refractivity contribution in [2.24, 2.45) is 0 Å². The SMILES string of the molecule is [CH3-].[CH3-].[Pd+2].c1ccc(P(c2ccccc2)C2CCCCC2)cc1.c1ccc(P(c2ccccc2)C2CCCCC2)cc1. The Hall–Kier alpha value is -1.60. The van der Waals surface area contributed by atoms with Crippen LogP contribution in [0, 0.1) is 14.9 Å². The molecule has 0 spiro atoms. The van der Waals surface area contributed by atoms with E-state index in [1.54, 1.807) is 21.2 Å². The fourth-order valence-electron chi connectivity index (χ4n) is 6.17. The summed E-state index contributed by atoms with van der Waals surface area (Å²) >= 11 is 0. The van der Waals surface area contributed by atoms with Gasteiger partial charge in [0.2, 0.25) is 0 Å². The minimum Gasteiger partial charge on any atom is -0.358 e. The van der Waals surface area contributed by atoms with E-state index in [1.165, 1.54) is 64.2 Å². The summed E-state index contributed by atoms with van der Waals surface area (Å²) in [5, 5.41) is 6.21. The van der Waals surface area contributed by atoms with Gasteiger partial charge in [-0.3, -0.25) is 0 Å². The first-order valence-electron chi connectivity index (χ1n) is 14.7. The third-order valence-electron chi connectivity index (χ3n) is 8.02. The molecule has 0 bridgehead atoms. The zero-order chi connectivity index (χ0) is 25.8. The number of hydrogen-bond acceptors (Lipinski definition) is 0. The molecule has 2 aliphatic rings. The van der Waals surface area contributed by atoms with Gasteiger partial charge in [0.05, 0.1) is 0 Å². The summed E-state index contributed by atoms with van der Waals surface area (Å²) in [6.07, 6.45) is 14.2. The van der Waals surface area contributed by atoms with Crippen molar-refractivity contribution in [3.63, 3.8) is 0 Å². The van der Waals surface area contributed by atoms with Gasteiger partial charge in [0.1, 0.15) is 0 Å². The average molecular weight is 673 g/mol. The average Bonchev–Trinajstić information content (AvgIpc) is 3.01. The Kier molecular flexibility index (Phi) is 17.0. The van der Waals surface area contributed by atoms with E-state index in [1.807, 2.05) is 0 Å². The Labute approximate surface area is 267 Å². The molecule has 0 aliphatic heterocycles. The van der Waals surface area contributed by atoms with Crippen molar-refractivity contribution in [1.82, 2.24) is 0 Å². The molecular formula is C38H48P2Pd. The van der Waals surface area contributed by atoms with Crippen LogP contribution in [0.5, 0.6) is 0 Å². The molecule has 220 valence electrons. The van der Waals surface area contributed by atoms with Crippen molar-refractivity contribution >= 4 is 37.1 Å². The Morgan fingerprint density at radius 3 is 0.780 bits per heavy atom. The van der Waals surface area contributed by atoms with Crippen LogP contribution >= 0.6 is 15.8 Å². The van der Waals surface area contributed by atoms with Crippen molar-refractivity contribution in [3.05, 3.63) is 136 Å². The third-order valence-corrected chi connectivity index (χ3v) is 13.9. The molecule has 0 unspecified atom stereocenters. The smallest absolute Gasteiger partial charge is 0.358 e. The van der Waals surface area contributed by atoms with Crippen LogP contribution in [0.15, 0.2) is 121 Å². The molecule has 2 aliphatic carbocycles. The first kappa shape index (κ1) is 35.6. The number of hydrogen-bond donors (Lipinski definition) is 0. The molecule has 0 atom stereocenters. The zero-order valence-electron chi connectivity index (χ0n) is 25.0. The van der Waals surface area contributed by atoms with Gasteiger partial charge in [-0.05, 0) is 74.1 Å². The molecule has 0 N–H and O–H groups in total. The van der Waals surface area contributed by atoms with E-state index in [9.17, 15) is 0 Å². The van der Waals surface area contributed by atoms with Crippen LogP contribution < -0.4 is 21.2 Å². The minimum absolute atomic E-state index is 0. The van der Waals surface area contributed by atoms with Crippen LogP contribution in [-0.2, 0) is 20.4 Å². The summed E-state index contributed by atoms with van der Waals surface area (Å²) in [4.78, 5) is 0. The van der Waals surface area contributed by atoms with E-state index >= 15 is 0 Å². The van der Waals surface area contributed by atoms with Crippen LogP contribution in [0.3, 0.4) is 0 Å². The summed E-state index contributed by atoms with van der Waals surface area (Å²) in [6.45, 7) is 0. The van der Waals surface area contributed by atoms with Gasteiger partial charge in [-0.2, -0.15) is 0 Å². The normalized spacial score (nSPS) is 15.5. The van der Waals surface area contributed by atoms with Crippen LogP contribution in [0.2, 0.25) is 0 Å². The van der Waals surface area contributed by atoms with Crippen molar-refractivity contribution in [2.45, 2.75) is 75.5 Å². The maximum absolute atomic E-state index is 2.33. The quantitative estimate of drug-likeness (QED) is 0.109. The van der Waals surface area contributed by atoms with Crippen LogP contribution in [-0.4, -0.2) is 11.3 Å². The predicted octanol–water partition coefficient (Wildman–Crippen LogP) is 9.80. The molecule has 0 amide bonds. The molecule has 0 radical (unpaired) electrons. The van der Waals surface area contributed by atoms with E-state index in [2.05, 4.69) is 121 Å². The Bertz CT molecular complexity index is 996. The Balaban J connectivity index is 0.000000267. The number of benzene rings is 4. The molecule has 3 heteroatoms. The zero-order valence-corrected chi connectivity index (χ0v) is 28.3. The van der Waals surface area contributed by atoms with Crippen molar-refractivity contribution in [1.29, 1.82) is 0 Å². The summed E-state index contributed by atoms with van der Waals surface area (Å²) in [5.74, 6) is 0. The van der Waals surface area contributed by atoms with Crippen molar-refractivity contribution < 1.29 is 20.4 Å². The van der Waals surface area contributed by atoms with Gasteiger partial charge in [-0.15, -0.1) is 0 Å². The van der Waals surface area contributed by atoms with E-state index < -0.39 is 0 Å². The van der Waals surface area contributed by atoms with E-state index in [0.29, 0.717) is 0 Å². The second-order valence-corrected chi connectivity index (χ2v) is 15.7. The molecular weight excluding hydrogens is 625 g/mol. The topological polar surface area (TPSA) is 0 Å². The predicted molar refractivity (Wildman–Crippen MR) is 185 cm³/mol. The van der Waals surface area contributed by atoms with E-state index in [4.69, 9.17) is 0 Å². The van der Waals surface area contributed by atoms with Gasteiger partial charge < -0.3 is 14.9 Å². The fourth-order valence-corrected chi connectivity index (χ4v) is 12.2. The van der Waals surface area contributed by atoms with Gasteiger partial charge in [0, 0.05) is 0 Å². The monoisotopic (exact) mass is 672 g/mol. The minimum atomic E-state index is -0.169. The molecule has 6 rings (SSSR count). The molecule has 2 saturated carbocycles. The molecule has 0 nitrogen and oxygen atoms in total. The van der Waals surface area contributed by atoms with Crippen LogP contribution in [0.4, 0.5) is 0 Å². The van der Waals surface area contributed by atoms with Gasteiger partial charge in [-0.1, -0.05) is 160 Å². The molecule has 0 aromatic heterocycles. The summed E-state index contributed by atoms with van der Waals surface area (Å²) < 4.78 is 0. The maximum atomic E-state index is 2.33. The standard InChI is InChI=1S/2C18H21P.2CH3.Pd/c2*1-4-10-16(11-5-1)19(17-12-6-2-7-13-17)18-14-8-3-9-15-18;;;/h2*1-2,4-7,10-13,18H,3,8-9,14-15H2;2*1H3;/q;;2*-1;+2. The molecule has 0 heterocycles. The Morgan fingerprint density at radius 1 is 0.341 bits per heavy atom. The van der Waals surface area contributed by atoms with Gasteiger partial charge in [-0.25, -0.2) is 0 Å². The first-order chi connectivity index (χ1) is 18.9. The largest absolute Gasteiger partial charge is 2.00 e. The molecule has 41 heavy (non-hydrogen) atoms. The Morgan fingerprint density at radius 2 is 0.561 bits per heavy atom. The van der Waals surface area contributed by atoms with Gasteiger partial charge >= 0.3 is 20.4 Å². The van der Waals surface area contributed by atoms with Crippen LogP contribution in [0.1, 0.15) is 64.2 Å². The van der Waals surface area contributed by atoms with Crippen LogP contribution in [0.25, 0.3) is 0 Å². The maximum Gasteiger partial charge on any atom is 2.00 e. The van der Waals surface area contributed by atoms with Gasteiger partial charge in [0.25, 0.3) is 0 Å². The van der Waals surface area contributed by atoms with E-state index in [0.717, 1.165) is 11.3 Å². The molecule has 4 aromatic rings. The fraction of sp³-hybridized carbons (Fsp3) is 0.316. The summed E-state index contributed by atoms with van der Waals surface area (Å²) in [6, 6.07) is 44.7. The van der Waals surface area contributed by atoms with Gasteiger partial charge in [0.15, 0.2) is 0 Å². The van der Waals surface area contributed by atoms with Crippen molar-refractivity contribution in [2.75, 3.05) is 0 Å².